The van der Waals surface area contributed by atoms with Crippen LogP contribution in [0.25, 0.3) is 0 Å². The highest BCUT2D eigenvalue weighted by Crippen LogP contribution is 2.17. The summed E-state index contributed by atoms with van der Waals surface area (Å²) >= 11 is 1.66. The Hall–Kier alpha value is -1.58. The van der Waals surface area contributed by atoms with E-state index < -0.39 is 11.7 Å². The summed E-state index contributed by atoms with van der Waals surface area (Å²) in [7, 11) is 0. The van der Waals surface area contributed by atoms with E-state index in [1.54, 1.807) is 11.3 Å². The Balaban J connectivity index is 2.57. The average Bonchev–Trinajstić information content (AvgIpc) is 2.93. The van der Waals surface area contributed by atoms with E-state index >= 15 is 0 Å². The number of hydrogen-bond acceptors (Lipinski definition) is 5. The fraction of sp³-hybridized carbons (Fsp3) is 0.647. The van der Waals surface area contributed by atoms with Gasteiger partial charge >= 0.3 is 6.09 Å². The molecule has 128 valence electrons. The zero-order valence-corrected chi connectivity index (χ0v) is 15.4. The highest BCUT2D eigenvalue weighted by Gasteiger charge is 2.26. The van der Waals surface area contributed by atoms with Crippen molar-refractivity contribution in [1.29, 1.82) is 5.26 Å². The predicted octanol–water partition coefficient (Wildman–Crippen LogP) is 3.53. The Kier molecular flexibility index (Phi) is 7.53. The van der Waals surface area contributed by atoms with Crippen LogP contribution in [0, 0.1) is 23.2 Å². The molecule has 1 aromatic heterocycles. The van der Waals surface area contributed by atoms with Gasteiger partial charge in [-0.3, -0.25) is 5.32 Å². The summed E-state index contributed by atoms with van der Waals surface area (Å²) < 4.78 is 5.25. The van der Waals surface area contributed by atoms with Crippen molar-refractivity contribution in [2.45, 2.75) is 52.8 Å². The Morgan fingerprint density at radius 3 is 2.61 bits per heavy atom. The molecule has 2 atom stereocenters. The summed E-state index contributed by atoms with van der Waals surface area (Å²) in [5.74, 6) is 0.262. The third-order valence-corrected chi connectivity index (χ3v) is 4.26. The van der Waals surface area contributed by atoms with Gasteiger partial charge in [0, 0.05) is 23.9 Å². The first-order chi connectivity index (χ1) is 10.7. The Labute approximate surface area is 143 Å². The van der Waals surface area contributed by atoms with E-state index in [1.165, 1.54) is 4.88 Å². The van der Waals surface area contributed by atoms with Crippen LogP contribution >= 0.6 is 11.3 Å². The van der Waals surface area contributed by atoms with Gasteiger partial charge in [-0.2, -0.15) is 5.26 Å². The van der Waals surface area contributed by atoms with Crippen LogP contribution in [-0.4, -0.2) is 24.3 Å². The summed E-state index contributed by atoms with van der Waals surface area (Å²) in [5, 5.41) is 17.6. The zero-order chi connectivity index (χ0) is 17.5. The van der Waals surface area contributed by atoms with Gasteiger partial charge < -0.3 is 10.1 Å². The minimum atomic E-state index is -0.524. The van der Waals surface area contributed by atoms with Crippen molar-refractivity contribution in [3.05, 3.63) is 22.4 Å². The average molecular weight is 337 g/mol. The second-order valence-electron chi connectivity index (χ2n) is 6.86. The summed E-state index contributed by atoms with van der Waals surface area (Å²) in [6.07, 6.45) is -0.446. The third kappa shape index (κ3) is 7.49. The maximum absolute atomic E-state index is 11.8. The number of nitriles is 1. The van der Waals surface area contributed by atoms with Crippen molar-refractivity contribution < 1.29 is 9.53 Å². The topological polar surface area (TPSA) is 74.1 Å². The molecule has 0 fully saturated rings. The number of carbonyl (C=O) groups excluding carboxylic acids is 1. The number of carbonyl (C=O) groups is 1. The highest BCUT2D eigenvalue weighted by atomic mass is 32.1. The number of hydrogen-bond donors (Lipinski definition) is 2. The van der Waals surface area contributed by atoms with Crippen molar-refractivity contribution in [2.24, 2.45) is 11.8 Å². The fourth-order valence-corrected chi connectivity index (χ4v) is 2.83. The molecule has 0 aromatic carbocycles. The normalized spacial score (nSPS) is 14.1. The maximum Gasteiger partial charge on any atom is 0.407 e. The molecular formula is C17H27N3O2S. The molecule has 0 radical (unpaired) electrons. The van der Waals surface area contributed by atoms with Crippen molar-refractivity contribution >= 4 is 17.4 Å². The first-order valence-electron chi connectivity index (χ1n) is 7.85. The lowest BCUT2D eigenvalue weighted by atomic mass is 9.89. The summed E-state index contributed by atoms with van der Waals surface area (Å²) in [5.41, 5.74) is -0.524. The number of nitrogens with one attached hydrogen (secondary N) is 2. The molecule has 0 bridgehead atoms. The minimum absolute atomic E-state index is 0.00693. The highest BCUT2D eigenvalue weighted by molar-refractivity contribution is 7.09. The number of thiophene rings is 1. The Morgan fingerprint density at radius 1 is 1.43 bits per heavy atom. The Morgan fingerprint density at radius 2 is 2.13 bits per heavy atom. The first-order valence-corrected chi connectivity index (χ1v) is 8.73. The molecule has 0 aliphatic carbocycles. The van der Waals surface area contributed by atoms with Crippen molar-refractivity contribution in [2.75, 3.05) is 6.54 Å². The molecule has 1 rings (SSSR count). The van der Waals surface area contributed by atoms with E-state index in [0.717, 1.165) is 0 Å². The molecule has 6 heteroatoms. The summed E-state index contributed by atoms with van der Waals surface area (Å²) in [4.78, 5) is 13.0. The summed E-state index contributed by atoms with van der Waals surface area (Å²) in [6, 6.07) is 6.02. The fourth-order valence-electron chi connectivity index (χ4n) is 2.17. The van der Waals surface area contributed by atoms with Gasteiger partial charge in [-0.25, -0.2) is 4.79 Å². The van der Waals surface area contributed by atoms with Crippen molar-refractivity contribution in [3.63, 3.8) is 0 Å². The first kappa shape index (κ1) is 19.5. The second-order valence-corrected chi connectivity index (χ2v) is 7.89. The largest absolute Gasteiger partial charge is 0.444 e. The van der Waals surface area contributed by atoms with Gasteiger partial charge in [0.2, 0.25) is 0 Å². The van der Waals surface area contributed by atoms with E-state index in [2.05, 4.69) is 30.6 Å². The van der Waals surface area contributed by atoms with E-state index in [0.29, 0.717) is 13.1 Å². The van der Waals surface area contributed by atoms with E-state index in [1.807, 2.05) is 38.3 Å². The lowest BCUT2D eigenvalue weighted by molar-refractivity contribution is 0.0512. The molecular weight excluding hydrogens is 310 g/mol. The molecule has 0 aliphatic heterocycles. The standard InChI is InChI=1S/C17H27N3O2S/c1-12(2)14(11-20-16(21)22-17(3,4)5)15(9-18)19-10-13-7-6-8-23-13/h6-8,12,14-15,19H,10-11H2,1-5H3,(H,20,21). The quantitative estimate of drug-likeness (QED) is 0.798. The van der Waals surface area contributed by atoms with Gasteiger partial charge in [0.05, 0.1) is 6.07 Å². The van der Waals surface area contributed by atoms with Crippen LogP contribution in [-0.2, 0) is 11.3 Å². The zero-order valence-electron chi connectivity index (χ0n) is 14.6. The molecule has 2 unspecified atom stereocenters. The molecule has 5 nitrogen and oxygen atoms in total. The molecule has 1 aromatic rings. The molecule has 2 N–H and O–H groups in total. The van der Waals surface area contributed by atoms with Crippen LogP contribution in [0.4, 0.5) is 4.79 Å². The van der Waals surface area contributed by atoms with Crippen molar-refractivity contribution in [3.8, 4) is 6.07 Å². The minimum Gasteiger partial charge on any atom is -0.444 e. The molecule has 1 heterocycles. The molecule has 0 saturated carbocycles. The molecule has 23 heavy (non-hydrogen) atoms. The van der Waals surface area contributed by atoms with Crippen LogP contribution < -0.4 is 10.6 Å². The van der Waals surface area contributed by atoms with Gasteiger partial charge in [0.15, 0.2) is 0 Å². The molecule has 0 saturated heterocycles. The summed E-state index contributed by atoms with van der Waals surface area (Å²) in [6.45, 7) is 10.7. The van der Waals surface area contributed by atoms with Gasteiger partial charge in [0.1, 0.15) is 11.6 Å². The molecule has 0 aliphatic rings. The second kappa shape index (κ2) is 8.90. The van der Waals surface area contributed by atoms with Crippen LogP contribution in [0.15, 0.2) is 17.5 Å². The lowest BCUT2D eigenvalue weighted by Gasteiger charge is -2.27. The number of alkyl carbamates (subject to hydrolysis) is 1. The van der Waals surface area contributed by atoms with Crippen LogP contribution in [0.5, 0.6) is 0 Å². The predicted molar refractivity (Wildman–Crippen MR) is 93.1 cm³/mol. The lowest BCUT2D eigenvalue weighted by Crippen LogP contribution is -2.44. The van der Waals surface area contributed by atoms with Crippen LogP contribution in [0.2, 0.25) is 0 Å². The van der Waals surface area contributed by atoms with Gasteiger partial charge in [-0.05, 0) is 38.1 Å². The number of ether oxygens (including phenoxy) is 1. The smallest absolute Gasteiger partial charge is 0.407 e. The third-order valence-electron chi connectivity index (χ3n) is 3.38. The number of rotatable bonds is 7. The van der Waals surface area contributed by atoms with E-state index in [9.17, 15) is 10.1 Å². The van der Waals surface area contributed by atoms with Crippen LogP contribution in [0.3, 0.4) is 0 Å². The molecule has 1 amide bonds. The maximum atomic E-state index is 11.8. The van der Waals surface area contributed by atoms with Gasteiger partial charge in [-0.15, -0.1) is 11.3 Å². The van der Waals surface area contributed by atoms with E-state index in [-0.39, 0.29) is 17.9 Å². The number of amides is 1. The van der Waals surface area contributed by atoms with Gasteiger partial charge in [0.25, 0.3) is 0 Å². The monoisotopic (exact) mass is 337 g/mol. The molecule has 0 spiro atoms. The SMILES string of the molecule is CC(C)C(CNC(=O)OC(C)(C)C)C(C#N)NCc1cccs1. The Bertz CT molecular complexity index is 515. The van der Waals surface area contributed by atoms with Crippen LogP contribution in [0.1, 0.15) is 39.5 Å². The van der Waals surface area contributed by atoms with Crippen molar-refractivity contribution in [1.82, 2.24) is 10.6 Å². The van der Waals surface area contributed by atoms with Gasteiger partial charge in [-0.1, -0.05) is 19.9 Å². The number of nitrogens with zero attached hydrogens (tertiary/aromatic N) is 1. The van der Waals surface area contributed by atoms with E-state index in [4.69, 9.17) is 4.74 Å².